The lowest BCUT2D eigenvalue weighted by Crippen LogP contribution is -2.38. The van der Waals surface area contributed by atoms with Crippen molar-refractivity contribution in [2.45, 2.75) is 19.4 Å². The fourth-order valence-corrected chi connectivity index (χ4v) is 3.77. The minimum absolute atomic E-state index is 0.245. The van der Waals surface area contributed by atoms with E-state index in [0.717, 1.165) is 55.2 Å². The molecular weight excluding hydrogens is 326 g/mol. The summed E-state index contributed by atoms with van der Waals surface area (Å²) in [5, 5.41) is 9.58. The average Bonchev–Trinajstić information content (AvgIpc) is 3.07. The van der Waals surface area contributed by atoms with Crippen LogP contribution < -0.4 is 9.64 Å². The lowest BCUT2D eigenvalue weighted by atomic mass is 9.99. The zero-order chi connectivity index (χ0) is 17.9. The second kappa shape index (κ2) is 7.38. The van der Waals surface area contributed by atoms with Gasteiger partial charge in [0.15, 0.2) is 0 Å². The lowest BCUT2D eigenvalue weighted by molar-refractivity contribution is 0.208. The van der Waals surface area contributed by atoms with Gasteiger partial charge in [0.25, 0.3) is 0 Å². The second-order valence-corrected chi connectivity index (χ2v) is 6.97. The summed E-state index contributed by atoms with van der Waals surface area (Å²) in [6, 6.07) is 16.5. The van der Waals surface area contributed by atoms with E-state index < -0.39 is 0 Å². The summed E-state index contributed by atoms with van der Waals surface area (Å²) >= 11 is 0. The van der Waals surface area contributed by atoms with Crippen molar-refractivity contribution in [2.24, 2.45) is 5.92 Å². The molecular formula is C21H25N3O2. The van der Waals surface area contributed by atoms with Crippen molar-refractivity contribution in [1.29, 1.82) is 0 Å². The highest BCUT2D eigenvalue weighted by Crippen LogP contribution is 2.28. The van der Waals surface area contributed by atoms with E-state index in [1.54, 1.807) is 7.11 Å². The Morgan fingerprint density at radius 3 is 2.73 bits per heavy atom. The van der Waals surface area contributed by atoms with E-state index in [2.05, 4.69) is 39.8 Å². The molecule has 1 aromatic heterocycles. The number of nitrogens with zero attached hydrogens (tertiary/aromatic N) is 3. The quantitative estimate of drug-likeness (QED) is 0.766. The Hall–Kier alpha value is -2.53. The summed E-state index contributed by atoms with van der Waals surface area (Å²) in [6.45, 7) is 2.86. The Labute approximate surface area is 153 Å². The van der Waals surface area contributed by atoms with Crippen molar-refractivity contribution in [3.05, 3.63) is 54.1 Å². The standard InChI is InChI=1S/C21H25N3O2/c1-26-18-10-8-16(9-11-18)14-24-20-7-3-2-6-19(20)22-21(24)23-12-4-5-17(13-23)15-25/h2-3,6-11,17,25H,4-5,12-15H2,1H3/t17-/m1/s1. The van der Waals surface area contributed by atoms with Crippen LogP contribution in [-0.2, 0) is 6.54 Å². The molecule has 4 rings (SSSR count). The first-order valence-corrected chi connectivity index (χ1v) is 9.22. The molecule has 1 N–H and O–H groups in total. The normalized spacial score (nSPS) is 17.6. The molecule has 1 fully saturated rings. The molecule has 0 unspecified atom stereocenters. The maximum absolute atomic E-state index is 9.58. The second-order valence-electron chi connectivity index (χ2n) is 6.97. The van der Waals surface area contributed by atoms with Crippen LogP contribution in [0, 0.1) is 5.92 Å². The summed E-state index contributed by atoms with van der Waals surface area (Å²) < 4.78 is 7.56. The number of piperidine rings is 1. The number of para-hydroxylation sites is 2. The summed E-state index contributed by atoms with van der Waals surface area (Å²) in [7, 11) is 1.68. The average molecular weight is 351 g/mol. The number of methoxy groups -OCH3 is 1. The number of aromatic nitrogens is 2. The number of aliphatic hydroxyl groups excluding tert-OH is 1. The Balaban J connectivity index is 1.71. The summed E-state index contributed by atoms with van der Waals surface area (Å²) in [5.74, 6) is 2.20. The molecule has 3 aromatic rings. The van der Waals surface area contributed by atoms with Gasteiger partial charge >= 0.3 is 0 Å². The minimum atomic E-state index is 0.245. The van der Waals surface area contributed by atoms with Gasteiger partial charge in [-0.2, -0.15) is 0 Å². The zero-order valence-corrected chi connectivity index (χ0v) is 15.1. The Kier molecular flexibility index (Phi) is 4.80. The van der Waals surface area contributed by atoms with Crippen LogP contribution in [0.15, 0.2) is 48.5 Å². The van der Waals surface area contributed by atoms with Gasteiger partial charge in [-0.05, 0) is 48.6 Å². The third-order valence-electron chi connectivity index (χ3n) is 5.19. The topological polar surface area (TPSA) is 50.5 Å². The van der Waals surface area contributed by atoms with Crippen molar-refractivity contribution in [3.8, 4) is 5.75 Å². The highest BCUT2D eigenvalue weighted by atomic mass is 16.5. The Morgan fingerprint density at radius 2 is 1.96 bits per heavy atom. The van der Waals surface area contributed by atoms with E-state index in [0.29, 0.717) is 5.92 Å². The molecule has 0 aliphatic carbocycles. The third kappa shape index (κ3) is 3.27. The maximum Gasteiger partial charge on any atom is 0.206 e. The first kappa shape index (κ1) is 16.9. The molecule has 0 saturated carbocycles. The fourth-order valence-electron chi connectivity index (χ4n) is 3.77. The highest BCUT2D eigenvalue weighted by Gasteiger charge is 2.24. The largest absolute Gasteiger partial charge is 0.497 e. The summed E-state index contributed by atoms with van der Waals surface area (Å²) in [6.07, 6.45) is 2.18. The number of fused-ring (bicyclic) bond motifs is 1. The Morgan fingerprint density at radius 1 is 1.15 bits per heavy atom. The van der Waals surface area contributed by atoms with Crippen molar-refractivity contribution in [1.82, 2.24) is 9.55 Å². The predicted molar refractivity (Wildman–Crippen MR) is 104 cm³/mol. The van der Waals surface area contributed by atoms with Crippen LogP contribution in [0.4, 0.5) is 5.95 Å². The van der Waals surface area contributed by atoms with Gasteiger partial charge in [-0.1, -0.05) is 24.3 Å². The van der Waals surface area contributed by atoms with Crippen molar-refractivity contribution in [3.63, 3.8) is 0 Å². The van der Waals surface area contributed by atoms with Gasteiger partial charge in [-0.15, -0.1) is 0 Å². The van der Waals surface area contributed by atoms with Crippen molar-refractivity contribution in [2.75, 3.05) is 31.7 Å². The van der Waals surface area contributed by atoms with Crippen LogP contribution in [0.5, 0.6) is 5.75 Å². The number of rotatable bonds is 5. The number of hydrogen-bond acceptors (Lipinski definition) is 4. The van der Waals surface area contributed by atoms with Crippen LogP contribution in [0.1, 0.15) is 18.4 Å². The van der Waals surface area contributed by atoms with Gasteiger partial charge in [0.2, 0.25) is 5.95 Å². The SMILES string of the molecule is COc1ccc(Cn2c(N3CCC[C@@H](CO)C3)nc3ccccc32)cc1. The molecule has 26 heavy (non-hydrogen) atoms. The molecule has 1 aliphatic rings. The molecule has 1 aliphatic heterocycles. The number of benzene rings is 2. The summed E-state index contributed by atoms with van der Waals surface area (Å²) in [4.78, 5) is 7.24. The van der Waals surface area contributed by atoms with Gasteiger partial charge in [-0.3, -0.25) is 0 Å². The summed E-state index contributed by atoms with van der Waals surface area (Å²) in [5.41, 5.74) is 3.37. The monoisotopic (exact) mass is 351 g/mol. The zero-order valence-electron chi connectivity index (χ0n) is 15.1. The molecule has 0 radical (unpaired) electrons. The first-order valence-electron chi connectivity index (χ1n) is 9.22. The van der Waals surface area contributed by atoms with Crippen LogP contribution in [-0.4, -0.2) is 41.5 Å². The minimum Gasteiger partial charge on any atom is -0.497 e. The molecule has 5 heteroatoms. The number of aliphatic hydroxyl groups is 1. The molecule has 0 amide bonds. The number of anilines is 1. The van der Waals surface area contributed by atoms with E-state index in [9.17, 15) is 5.11 Å². The fraction of sp³-hybridized carbons (Fsp3) is 0.381. The van der Waals surface area contributed by atoms with Gasteiger partial charge in [0.05, 0.1) is 24.7 Å². The van der Waals surface area contributed by atoms with Crippen molar-refractivity contribution < 1.29 is 9.84 Å². The van der Waals surface area contributed by atoms with Crippen molar-refractivity contribution >= 4 is 17.0 Å². The van der Waals surface area contributed by atoms with Gasteiger partial charge < -0.3 is 19.3 Å². The lowest BCUT2D eigenvalue weighted by Gasteiger charge is -2.33. The molecule has 0 spiro atoms. The molecule has 1 atom stereocenters. The molecule has 2 aromatic carbocycles. The first-order chi connectivity index (χ1) is 12.8. The molecule has 5 nitrogen and oxygen atoms in total. The van der Waals surface area contributed by atoms with Crippen LogP contribution in [0.3, 0.4) is 0 Å². The van der Waals surface area contributed by atoms with E-state index in [-0.39, 0.29) is 6.61 Å². The maximum atomic E-state index is 9.58. The van der Waals surface area contributed by atoms with E-state index in [4.69, 9.17) is 9.72 Å². The van der Waals surface area contributed by atoms with Gasteiger partial charge in [0, 0.05) is 19.7 Å². The number of hydrogen-bond donors (Lipinski definition) is 1. The highest BCUT2D eigenvalue weighted by molar-refractivity contribution is 5.79. The molecule has 1 saturated heterocycles. The van der Waals surface area contributed by atoms with E-state index in [1.165, 1.54) is 5.56 Å². The Bertz CT molecular complexity index is 873. The van der Waals surface area contributed by atoms with Crippen LogP contribution in [0.25, 0.3) is 11.0 Å². The van der Waals surface area contributed by atoms with Crippen LogP contribution >= 0.6 is 0 Å². The van der Waals surface area contributed by atoms with E-state index >= 15 is 0 Å². The molecule has 0 bridgehead atoms. The van der Waals surface area contributed by atoms with Crippen LogP contribution in [0.2, 0.25) is 0 Å². The van der Waals surface area contributed by atoms with E-state index in [1.807, 2.05) is 18.2 Å². The molecule has 136 valence electrons. The number of imidazole rings is 1. The predicted octanol–water partition coefficient (Wildman–Crippen LogP) is 3.30. The van der Waals surface area contributed by atoms with Gasteiger partial charge in [-0.25, -0.2) is 4.98 Å². The smallest absolute Gasteiger partial charge is 0.206 e. The third-order valence-corrected chi connectivity index (χ3v) is 5.19. The van der Waals surface area contributed by atoms with Gasteiger partial charge in [0.1, 0.15) is 5.75 Å². The molecule has 2 heterocycles. The number of ether oxygens (including phenoxy) is 1.